The molecular weight excluding hydrogens is 244 g/mol. The Bertz CT molecular complexity index is 587. The van der Waals surface area contributed by atoms with Crippen molar-refractivity contribution in [3.05, 3.63) is 69.7 Å². The predicted octanol–water partition coefficient (Wildman–Crippen LogP) is 4.44. The van der Waals surface area contributed by atoms with E-state index in [0.717, 1.165) is 17.5 Å². The molecule has 1 nitrogen and oxygen atoms in total. The van der Waals surface area contributed by atoms with E-state index in [4.69, 9.17) is 11.6 Å². The first-order valence-corrected chi connectivity index (χ1v) is 6.39. The molecule has 0 saturated heterocycles. The zero-order valence-electron chi connectivity index (χ0n) is 10.5. The lowest BCUT2D eigenvalue weighted by Gasteiger charge is -2.07. The van der Waals surface area contributed by atoms with Gasteiger partial charge in [-0.05, 0) is 42.7 Å². The number of ketones is 1. The van der Waals surface area contributed by atoms with E-state index in [0.29, 0.717) is 10.6 Å². The maximum absolute atomic E-state index is 12.4. The van der Waals surface area contributed by atoms with Gasteiger partial charge in [0.25, 0.3) is 0 Å². The van der Waals surface area contributed by atoms with Gasteiger partial charge in [0.1, 0.15) is 0 Å². The SMILES string of the molecule is CCc1cccc(C(=O)c2cc(Cl)ccc2C)c1. The van der Waals surface area contributed by atoms with Crippen LogP contribution in [0.15, 0.2) is 42.5 Å². The molecule has 0 aliphatic heterocycles. The van der Waals surface area contributed by atoms with Crippen LogP contribution in [0.4, 0.5) is 0 Å². The van der Waals surface area contributed by atoms with E-state index in [1.165, 1.54) is 5.56 Å². The number of carbonyl (C=O) groups is 1. The lowest BCUT2D eigenvalue weighted by atomic mass is 9.97. The van der Waals surface area contributed by atoms with E-state index in [2.05, 4.69) is 6.92 Å². The Hall–Kier alpha value is -1.60. The summed E-state index contributed by atoms with van der Waals surface area (Å²) < 4.78 is 0. The van der Waals surface area contributed by atoms with Crippen LogP contribution in [0.1, 0.15) is 34.0 Å². The van der Waals surface area contributed by atoms with Crippen molar-refractivity contribution < 1.29 is 4.79 Å². The fourth-order valence-corrected chi connectivity index (χ4v) is 2.10. The minimum Gasteiger partial charge on any atom is -0.289 e. The van der Waals surface area contributed by atoms with Gasteiger partial charge in [0, 0.05) is 16.1 Å². The maximum Gasteiger partial charge on any atom is 0.193 e. The van der Waals surface area contributed by atoms with Crippen molar-refractivity contribution >= 4 is 17.4 Å². The third-order valence-electron chi connectivity index (χ3n) is 3.04. The van der Waals surface area contributed by atoms with Crippen molar-refractivity contribution in [1.29, 1.82) is 0 Å². The Morgan fingerprint density at radius 2 is 1.94 bits per heavy atom. The van der Waals surface area contributed by atoms with Gasteiger partial charge in [-0.3, -0.25) is 4.79 Å². The lowest BCUT2D eigenvalue weighted by molar-refractivity contribution is 0.103. The first-order chi connectivity index (χ1) is 8.61. The molecule has 0 aromatic heterocycles. The van der Waals surface area contributed by atoms with Crippen molar-refractivity contribution in [3.63, 3.8) is 0 Å². The second-order valence-electron chi connectivity index (χ2n) is 4.34. The summed E-state index contributed by atoms with van der Waals surface area (Å²) in [4.78, 5) is 12.4. The van der Waals surface area contributed by atoms with Gasteiger partial charge in [-0.1, -0.05) is 42.8 Å². The van der Waals surface area contributed by atoms with Crippen molar-refractivity contribution in [3.8, 4) is 0 Å². The molecule has 0 saturated carbocycles. The molecule has 18 heavy (non-hydrogen) atoms. The van der Waals surface area contributed by atoms with E-state index in [1.807, 2.05) is 37.3 Å². The normalized spacial score (nSPS) is 10.4. The van der Waals surface area contributed by atoms with Crippen LogP contribution in [0.5, 0.6) is 0 Å². The minimum atomic E-state index is 0.0327. The molecule has 0 heterocycles. The highest BCUT2D eigenvalue weighted by atomic mass is 35.5. The van der Waals surface area contributed by atoms with Crippen molar-refractivity contribution in [1.82, 2.24) is 0 Å². The molecule has 2 aromatic carbocycles. The molecule has 0 aliphatic rings. The number of benzene rings is 2. The molecule has 0 bridgehead atoms. The third-order valence-corrected chi connectivity index (χ3v) is 3.28. The molecule has 0 N–H and O–H groups in total. The van der Waals surface area contributed by atoms with Crippen LogP contribution < -0.4 is 0 Å². The highest BCUT2D eigenvalue weighted by Crippen LogP contribution is 2.19. The quantitative estimate of drug-likeness (QED) is 0.744. The van der Waals surface area contributed by atoms with Gasteiger partial charge < -0.3 is 0 Å². The van der Waals surface area contributed by atoms with Gasteiger partial charge in [0.05, 0.1) is 0 Å². The number of aryl methyl sites for hydroxylation is 2. The zero-order chi connectivity index (χ0) is 13.1. The molecule has 92 valence electrons. The first kappa shape index (κ1) is 12.8. The third kappa shape index (κ3) is 2.62. The van der Waals surface area contributed by atoms with E-state index < -0.39 is 0 Å². The molecule has 2 rings (SSSR count). The number of hydrogen-bond donors (Lipinski definition) is 0. The summed E-state index contributed by atoms with van der Waals surface area (Å²) in [6, 6.07) is 13.2. The van der Waals surface area contributed by atoms with Crippen molar-refractivity contribution in [2.24, 2.45) is 0 Å². The lowest BCUT2D eigenvalue weighted by Crippen LogP contribution is -2.04. The summed E-state index contributed by atoms with van der Waals surface area (Å²) in [5.41, 5.74) is 3.52. The fraction of sp³-hybridized carbons (Fsp3) is 0.188. The number of hydrogen-bond acceptors (Lipinski definition) is 1. The molecule has 0 atom stereocenters. The van der Waals surface area contributed by atoms with E-state index >= 15 is 0 Å². The fourth-order valence-electron chi connectivity index (χ4n) is 1.93. The molecule has 2 aromatic rings. The Morgan fingerprint density at radius 1 is 1.17 bits per heavy atom. The summed E-state index contributed by atoms with van der Waals surface area (Å²) in [6.07, 6.45) is 0.926. The summed E-state index contributed by atoms with van der Waals surface area (Å²) in [5.74, 6) is 0.0327. The highest BCUT2D eigenvalue weighted by molar-refractivity contribution is 6.31. The molecule has 0 amide bonds. The summed E-state index contributed by atoms with van der Waals surface area (Å²) in [6.45, 7) is 4.00. The average Bonchev–Trinajstić information content (AvgIpc) is 2.41. The van der Waals surface area contributed by atoms with Crippen LogP contribution in [-0.2, 0) is 6.42 Å². The number of rotatable bonds is 3. The number of carbonyl (C=O) groups excluding carboxylic acids is 1. The Morgan fingerprint density at radius 3 is 2.67 bits per heavy atom. The molecule has 0 radical (unpaired) electrons. The summed E-state index contributed by atoms with van der Waals surface area (Å²) in [5, 5.41) is 0.593. The smallest absolute Gasteiger partial charge is 0.193 e. The van der Waals surface area contributed by atoms with Gasteiger partial charge in [-0.15, -0.1) is 0 Å². The van der Waals surface area contributed by atoms with Crippen LogP contribution in [-0.4, -0.2) is 5.78 Å². The van der Waals surface area contributed by atoms with Crippen molar-refractivity contribution in [2.75, 3.05) is 0 Å². The van der Waals surface area contributed by atoms with Gasteiger partial charge in [0.15, 0.2) is 5.78 Å². The second kappa shape index (κ2) is 5.36. The van der Waals surface area contributed by atoms with E-state index in [-0.39, 0.29) is 5.78 Å². The van der Waals surface area contributed by atoms with Crippen molar-refractivity contribution in [2.45, 2.75) is 20.3 Å². The second-order valence-corrected chi connectivity index (χ2v) is 4.78. The van der Waals surface area contributed by atoms with Gasteiger partial charge >= 0.3 is 0 Å². The standard InChI is InChI=1S/C16H15ClO/c1-3-12-5-4-6-13(9-12)16(18)15-10-14(17)8-7-11(15)2/h4-10H,3H2,1-2H3. The Kier molecular flexibility index (Phi) is 3.83. The number of halogens is 1. The summed E-state index contributed by atoms with van der Waals surface area (Å²) >= 11 is 5.95. The molecule has 0 fully saturated rings. The molecule has 0 unspecified atom stereocenters. The van der Waals surface area contributed by atoms with Gasteiger partial charge in [0.2, 0.25) is 0 Å². The molecule has 0 aliphatic carbocycles. The zero-order valence-corrected chi connectivity index (χ0v) is 11.3. The van der Waals surface area contributed by atoms with Gasteiger partial charge in [-0.25, -0.2) is 0 Å². The highest BCUT2D eigenvalue weighted by Gasteiger charge is 2.12. The largest absolute Gasteiger partial charge is 0.289 e. The van der Waals surface area contributed by atoms with Crippen LogP contribution >= 0.6 is 11.6 Å². The van der Waals surface area contributed by atoms with E-state index in [9.17, 15) is 4.79 Å². The summed E-state index contributed by atoms with van der Waals surface area (Å²) in [7, 11) is 0. The molecule has 2 heteroatoms. The maximum atomic E-state index is 12.4. The van der Waals surface area contributed by atoms with Crippen LogP contribution in [0.25, 0.3) is 0 Å². The monoisotopic (exact) mass is 258 g/mol. The topological polar surface area (TPSA) is 17.1 Å². The first-order valence-electron chi connectivity index (χ1n) is 6.01. The Balaban J connectivity index is 2.44. The molecular formula is C16H15ClO. The predicted molar refractivity (Wildman–Crippen MR) is 75.4 cm³/mol. The Labute approximate surface area is 112 Å². The van der Waals surface area contributed by atoms with Crippen LogP contribution in [0.2, 0.25) is 5.02 Å². The van der Waals surface area contributed by atoms with Gasteiger partial charge in [-0.2, -0.15) is 0 Å². The average molecular weight is 259 g/mol. The van der Waals surface area contributed by atoms with Crippen LogP contribution in [0.3, 0.4) is 0 Å². The van der Waals surface area contributed by atoms with Crippen LogP contribution in [0, 0.1) is 6.92 Å². The molecule has 0 spiro atoms. The van der Waals surface area contributed by atoms with E-state index in [1.54, 1.807) is 12.1 Å². The minimum absolute atomic E-state index is 0.0327.